The number of benzene rings is 2. The van der Waals surface area contributed by atoms with Crippen molar-refractivity contribution in [1.29, 1.82) is 0 Å². The second-order valence-electron chi connectivity index (χ2n) is 8.14. The third-order valence-electron chi connectivity index (χ3n) is 5.63. The number of para-hydroxylation sites is 1. The van der Waals surface area contributed by atoms with Crippen LogP contribution in [-0.2, 0) is 11.8 Å². The average molecular weight is 442 g/mol. The first-order chi connectivity index (χ1) is 15.1. The van der Waals surface area contributed by atoms with Crippen molar-refractivity contribution in [2.75, 3.05) is 30.4 Å². The molecule has 2 heterocycles. The van der Waals surface area contributed by atoms with E-state index in [0.717, 1.165) is 11.1 Å². The van der Waals surface area contributed by atoms with Crippen LogP contribution in [0.1, 0.15) is 34.5 Å². The van der Waals surface area contributed by atoms with Gasteiger partial charge in [-0.05, 0) is 37.6 Å². The number of aryl methyl sites for hydroxylation is 1. The summed E-state index contributed by atoms with van der Waals surface area (Å²) in [4.78, 5) is 31.2. The van der Waals surface area contributed by atoms with Crippen molar-refractivity contribution < 1.29 is 18.3 Å². The van der Waals surface area contributed by atoms with Crippen LogP contribution in [0.2, 0.25) is 0 Å². The maximum Gasteiger partial charge on any atom is 0.339 e. The summed E-state index contributed by atoms with van der Waals surface area (Å²) in [7, 11) is 2.86. The smallest absolute Gasteiger partial charge is 0.339 e. The molecule has 32 heavy (non-hydrogen) atoms. The second kappa shape index (κ2) is 7.89. The lowest BCUT2D eigenvalue weighted by atomic mass is 10.0. The van der Waals surface area contributed by atoms with E-state index in [1.165, 1.54) is 23.6 Å². The van der Waals surface area contributed by atoms with E-state index in [4.69, 9.17) is 4.74 Å². The Balaban J connectivity index is 1.80. The third-order valence-corrected chi connectivity index (χ3v) is 5.63. The SMILES string of the molecule is COC(=O)c1ccccc1N[C@H](C)c1cc(C)cc2c(=O)n(C)c(N3CC(F)(F)C3)nc12. The Morgan fingerprint density at radius 3 is 2.59 bits per heavy atom. The quantitative estimate of drug-likeness (QED) is 0.608. The number of ether oxygens (including phenoxy) is 1. The van der Waals surface area contributed by atoms with Crippen LogP contribution in [0.5, 0.6) is 0 Å². The number of nitrogens with one attached hydrogen (secondary N) is 1. The number of halogens is 2. The topological polar surface area (TPSA) is 76.5 Å². The Labute approximate surface area is 183 Å². The minimum Gasteiger partial charge on any atom is -0.465 e. The zero-order chi connectivity index (χ0) is 23.2. The maximum absolute atomic E-state index is 13.5. The van der Waals surface area contributed by atoms with Crippen molar-refractivity contribution in [2.45, 2.75) is 25.8 Å². The Morgan fingerprint density at radius 1 is 1.25 bits per heavy atom. The summed E-state index contributed by atoms with van der Waals surface area (Å²) in [6.45, 7) is 2.82. The highest BCUT2D eigenvalue weighted by atomic mass is 19.3. The number of hydrogen-bond acceptors (Lipinski definition) is 6. The summed E-state index contributed by atoms with van der Waals surface area (Å²) < 4.78 is 33.1. The van der Waals surface area contributed by atoms with Crippen LogP contribution in [0, 0.1) is 6.92 Å². The number of carbonyl (C=O) groups is 1. The number of carbonyl (C=O) groups excluding carboxylic acids is 1. The van der Waals surface area contributed by atoms with Crippen molar-refractivity contribution >= 4 is 28.5 Å². The fourth-order valence-electron chi connectivity index (χ4n) is 4.02. The fourth-order valence-corrected chi connectivity index (χ4v) is 4.02. The van der Waals surface area contributed by atoms with Crippen LogP contribution in [0.3, 0.4) is 0 Å². The van der Waals surface area contributed by atoms with Gasteiger partial charge in [0.25, 0.3) is 11.5 Å². The zero-order valence-corrected chi connectivity index (χ0v) is 18.3. The molecule has 3 aromatic rings. The van der Waals surface area contributed by atoms with Crippen molar-refractivity contribution in [3.8, 4) is 0 Å². The van der Waals surface area contributed by atoms with E-state index >= 15 is 0 Å². The largest absolute Gasteiger partial charge is 0.465 e. The van der Waals surface area contributed by atoms with Gasteiger partial charge in [-0.2, -0.15) is 0 Å². The summed E-state index contributed by atoms with van der Waals surface area (Å²) in [6.07, 6.45) is 0. The average Bonchev–Trinajstić information content (AvgIpc) is 2.74. The predicted octanol–water partition coefficient (Wildman–Crippen LogP) is 3.66. The Hall–Kier alpha value is -3.49. The Kier molecular flexibility index (Phi) is 5.36. The molecule has 4 rings (SSSR count). The molecule has 1 aliphatic heterocycles. The van der Waals surface area contributed by atoms with Gasteiger partial charge in [0.2, 0.25) is 5.95 Å². The first-order valence-electron chi connectivity index (χ1n) is 10.2. The molecule has 1 N–H and O–H groups in total. The summed E-state index contributed by atoms with van der Waals surface area (Å²) in [6, 6.07) is 10.3. The molecule has 0 aliphatic carbocycles. The molecule has 0 radical (unpaired) electrons. The lowest BCUT2D eigenvalue weighted by molar-refractivity contribution is -0.0275. The molecule has 2 aromatic carbocycles. The first kappa shape index (κ1) is 21.7. The van der Waals surface area contributed by atoms with Gasteiger partial charge in [0.15, 0.2) is 0 Å². The normalized spacial score (nSPS) is 15.9. The molecule has 0 saturated carbocycles. The number of nitrogens with zero attached hydrogens (tertiary/aromatic N) is 3. The summed E-state index contributed by atoms with van der Waals surface area (Å²) >= 11 is 0. The van der Waals surface area contributed by atoms with Gasteiger partial charge < -0.3 is 15.0 Å². The highest BCUT2D eigenvalue weighted by Gasteiger charge is 2.45. The van der Waals surface area contributed by atoms with E-state index in [1.54, 1.807) is 30.3 Å². The molecule has 1 saturated heterocycles. The molecule has 1 aliphatic rings. The van der Waals surface area contributed by atoms with E-state index in [2.05, 4.69) is 10.3 Å². The van der Waals surface area contributed by atoms with Crippen LogP contribution in [0.15, 0.2) is 41.2 Å². The molecule has 1 aromatic heterocycles. The van der Waals surface area contributed by atoms with Gasteiger partial charge in [0, 0.05) is 18.3 Å². The van der Waals surface area contributed by atoms with E-state index in [0.29, 0.717) is 22.2 Å². The Bertz CT molecular complexity index is 1260. The molecule has 0 bridgehead atoms. The summed E-state index contributed by atoms with van der Waals surface area (Å²) in [5.74, 6) is -3.04. The number of anilines is 2. The van der Waals surface area contributed by atoms with Crippen LogP contribution >= 0.6 is 0 Å². The lowest BCUT2D eigenvalue weighted by Crippen LogP contribution is -2.57. The lowest BCUT2D eigenvalue weighted by Gasteiger charge is -2.40. The molecular formula is C23H24F2N4O3. The van der Waals surface area contributed by atoms with E-state index in [1.807, 2.05) is 19.9 Å². The van der Waals surface area contributed by atoms with Crippen LogP contribution < -0.4 is 15.8 Å². The fraction of sp³-hybridized carbons (Fsp3) is 0.348. The van der Waals surface area contributed by atoms with E-state index in [9.17, 15) is 18.4 Å². The second-order valence-corrected chi connectivity index (χ2v) is 8.14. The van der Waals surface area contributed by atoms with Crippen molar-refractivity contribution in [3.63, 3.8) is 0 Å². The van der Waals surface area contributed by atoms with Gasteiger partial charge in [-0.3, -0.25) is 9.36 Å². The van der Waals surface area contributed by atoms with Gasteiger partial charge in [0.05, 0.1) is 42.7 Å². The minimum atomic E-state index is -2.78. The van der Waals surface area contributed by atoms with Crippen molar-refractivity contribution in [2.24, 2.45) is 7.05 Å². The summed E-state index contributed by atoms with van der Waals surface area (Å²) in [5.41, 5.74) is 2.70. The van der Waals surface area contributed by atoms with Crippen LogP contribution in [-0.4, -0.2) is 41.6 Å². The van der Waals surface area contributed by atoms with Crippen molar-refractivity contribution in [3.05, 3.63) is 63.4 Å². The Morgan fingerprint density at radius 2 is 1.94 bits per heavy atom. The predicted molar refractivity (Wildman–Crippen MR) is 119 cm³/mol. The van der Waals surface area contributed by atoms with Gasteiger partial charge in [0.1, 0.15) is 0 Å². The van der Waals surface area contributed by atoms with E-state index in [-0.39, 0.29) is 17.5 Å². The van der Waals surface area contributed by atoms with Crippen LogP contribution in [0.25, 0.3) is 10.9 Å². The highest BCUT2D eigenvalue weighted by molar-refractivity contribution is 5.95. The maximum atomic E-state index is 13.5. The molecule has 0 unspecified atom stereocenters. The van der Waals surface area contributed by atoms with Gasteiger partial charge >= 0.3 is 5.97 Å². The number of esters is 1. The number of alkyl halides is 2. The molecule has 0 amide bonds. The minimum absolute atomic E-state index is 0.209. The number of fused-ring (bicyclic) bond motifs is 1. The van der Waals surface area contributed by atoms with Gasteiger partial charge in [-0.15, -0.1) is 0 Å². The van der Waals surface area contributed by atoms with Crippen LogP contribution in [0.4, 0.5) is 20.4 Å². The molecule has 168 valence electrons. The monoisotopic (exact) mass is 442 g/mol. The first-order valence-corrected chi connectivity index (χ1v) is 10.2. The molecule has 0 spiro atoms. The van der Waals surface area contributed by atoms with Crippen molar-refractivity contribution in [1.82, 2.24) is 9.55 Å². The number of aromatic nitrogens is 2. The van der Waals surface area contributed by atoms with Gasteiger partial charge in [-0.25, -0.2) is 18.6 Å². The molecule has 1 atom stereocenters. The zero-order valence-electron chi connectivity index (χ0n) is 18.3. The standard InChI is InChI=1S/C23H24F2N4O3/c1-13-9-16(14(2)26-18-8-6-5-7-15(18)21(31)32-4)19-17(10-13)20(30)28(3)22(27-19)29-11-23(24,25)12-29/h5-10,14,26H,11-12H2,1-4H3/t14-/m1/s1. The molecule has 7 nitrogen and oxygen atoms in total. The van der Waals surface area contributed by atoms with Gasteiger partial charge in [-0.1, -0.05) is 18.2 Å². The number of hydrogen-bond donors (Lipinski definition) is 1. The molecule has 9 heteroatoms. The summed E-state index contributed by atoms with van der Waals surface area (Å²) in [5, 5.41) is 3.71. The number of rotatable bonds is 5. The molecule has 1 fully saturated rings. The van der Waals surface area contributed by atoms with E-state index < -0.39 is 25.0 Å². The highest BCUT2D eigenvalue weighted by Crippen LogP contribution is 2.33. The number of methoxy groups -OCH3 is 1. The molecular weight excluding hydrogens is 418 g/mol. The third kappa shape index (κ3) is 3.79.